The lowest BCUT2D eigenvalue weighted by Gasteiger charge is -2.12. The van der Waals surface area contributed by atoms with Crippen LogP contribution in [0.5, 0.6) is 0 Å². The molecule has 1 heterocycles. The van der Waals surface area contributed by atoms with E-state index in [2.05, 4.69) is 20.2 Å². The van der Waals surface area contributed by atoms with Crippen molar-refractivity contribution < 1.29 is 8.42 Å². The zero-order valence-electron chi connectivity index (χ0n) is 12.2. The summed E-state index contributed by atoms with van der Waals surface area (Å²) in [4.78, 5) is 0.302. The molecule has 0 aromatic carbocycles. The molecule has 0 saturated heterocycles. The molecule has 1 aromatic heterocycles. The standard InChI is InChI=1S/C13H24N4O2S/c1-3-14-9-12-13(10(2)16-17-12)20(18,19)15-8-11-6-4-5-7-11/h11,14-15H,3-9H2,1-2H3,(H,16,17). The summed E-state index contributed by atoms with van der Waals surface area (Å²) in [5.41, 5.74) is 1.15. The number of aryl methyl sites for hydroxylation is 1. The molecule has 6 nitrogen and oxygen atoms in total. The minimum Gasteiger partial charge on any atom is -0.311 e. The van der Waals surface area contributed by atoms with Crippen molar-refractivity contribution in [2.75, 3.05) is 13.1 Å². The summed E-state index contributed by atoms with van der Waals surface area (Å²) in [5.74, 6) is 0.481. The highest BCUT2D eigenvalue weighted by Crippen LogP contribution is 2.25. The minimum atomic E-state index is -3.48. The average molecular weight is 300 g/mol. The summed E-state index contributed by atoms with van der Waals surface area (Å²) in [6.45, 7) is 5.49. The Kier molecular flexibility index (Phi) is 5.17. The molecule has 2 rings (SSSR count). The summed E-state index contributed by atoms with van der Waals surface area (Å²) in [6.07, 6.45) is 4.67. The fourth-order valence-electron chi connectivity index (χ4n) is 2.70. The molecule has 0 amide bonds. The normalized spacial score (nSPS) is 16.9. The van der Waals surface area contributed by atoms with Crippen molar-refractivity contribution in [1.82, 2.24) is 20.2 Å². The van der Waals surface area contributed by atoms with Gasteiger partial charge in [0, 0.05) is 13.1 Å². The SMILES string of the molecule is CCNCc1n[nH]c(C)c1S(=O)(=O)NCC1CCCC1. The number of sulfonamides is 1. The van der Waals surface area contributed by atoms with Crippen LogP contribution in [0, 0.1) is 12.8 Å². The van der Waals surface area contributed by atoms with E-state index in [0.717, 1.165) is 19.4 Å². The predicted octanol–water partition coefficient (Wildman–Crippen LogP) is 1.30. The van der Waals surface area contributed by atoms with E-state index in [1.54, 1.807) is 6.92 Å². The lowest BCUT2D eigenvalue weighted by Crippen LogP contribution is -2.30. The molecule has 3 N–H and O–H groups in total. The molecule has 1 saturated carbocycles. The maximum atomic E-state index is 12.5. The fraction of sp³-hybridized carbons (Fsp3) is 0.769. The molecule has 0 aliphatic heterocycles. The lowest BCUT2D eigenvalue weighted by molar-refractivity contribution is 0.518. The minimum absolute atomic E-state index is 0.302. The van der Waals surface area contributed by atoms with E-state index in [0.29, 0.717) is 35.3 Å². The Labute approximate surface area is 120 Å². The molecule has 0 radical (unpaired) electrons. The molecule has 20 heavy (non-hydrogen) atoms. The summed E-state index contributed by atoms with van der Waals surface area (Å²) >= 11 is 0. The van der Waals surface area contributed by atoms with Crippen molar-refractivity contribution in [3.05, 3.63) is 11.4 Å². The number of H-pyrrole nitrogens is 1. The van der Waals surface area contributed by atoms with E-state index < -0.39 is 10.0 Å². The first-order valence-corrected chi connectivity index (χ1v) is 8.77. The first-order valence-electron chi connectivity index (χ1n) is 7.28. The molecule has 0 bridgehead atoms. The van der Waals surface area contributed by atoms with Crippen LogP contribution >= 0.6 is 0 Å². The van der Waals surface area contributed by atoms with Gasteiger partial charge in [0.05, 0.1) is 11.4 Å². The number of nitrogens with zero attached hydrogens (tertiary/aromatic N) is 1. The van der Waals surface area contributed by atoms with Crippen LogP contribution in [0.1, 0.15) is 44.0 Å². The zero-order chi connectivity index (χ0) is 14.6. The number of hydrogen-bond acceptors (Lipinski definition) is 4. The largest absolute Gasteiger partial charge is 0.311 e. The van der Waals surface area contributed by atoms with Gasteiger partial charge in [-0.3, -0.25) is 5.10 Å². The molecule has 1 fully saturated rings. The maximum Gasteiger partial charge on any atom is 0.244 e. The van der Waals surface area contributed by atoms with Gasteiger partial charge in [-0.05, 0) is 32.2 Å². The molecule has 114 valence electrons. The van der Waals surface area contributed by atoms with Gasteiger partial charge in [-0.1, -0.05) is 19.8 Å². The van der Waals surface area contributed by atoms with E-state index in [9.17, 15) is 8.42 Å². The molecule has 0 atom stereocenters. The third-order valence-corrected chi connectivity index (χ3v) is 5.44. The topological polar surface area (TPSA) is 86.9 Å². The molecule has 0 spiro atoms. The smallest absolute Gasteiger partial charge is 0.244 e. The molecular weight excluding hydrogens is 276 g/mol. The van der Waals surface area contributed by atoms with Gasteiger partial charge in [0.15, 0.2) is 0 Å². The van der Waals surface area contributed by atoms with E-state index >= 15 is 0 Å². The quantitative estimate of drug-likeness (QED) is 0.708. The Morgan fingerprint density at radius 2 is 2.05 bits per heavy atom. The van der Waals surface area contributed by atoms with E-state index in [-0.39, 0.29) is 0 Å². The summed E-state index contributed by atoms with van der Waals surface area (Å²) in [5, 5.41) is 9.98. The highest BCUT2D eigenvalue weighted by atomic mass is 32.2. The second kappa shape index (κ2) is 6.69. The highest BCUT2D eigenvalue weighted by Gasteiger charge is 2.25. The van der Waals surface area contributed by atoms with Crippen molar-refractivity contribution in [1.29, 1.82) is 0 Å². The van der Waals surface area contributed by atoms with Crippen LogP contribution < -0.4 is 10.0 Å². The number of hydrogen-bond donors (Lipinski definition) is 3. The van der Waals surface area contributed by atoms with Crippen LogP contribution in [0.4, 0.5) is 0 Å². The number of aromatic amines is 1. The predicted molar refractivity (Wildman–Crippen MR) is 77.9 cm³/mol. The molecule has 7 heteroatoms. The monoisotopic (exact) mass is 300 g/mol. The maximum absolute atomic E-state index is 12.5. The lowest BCUT2D eigenvalue weighted by atomic mass is 10.1. The Morgan fingerprint density at radius 1 is 1.35 bits per heavy atom. The second-order valence-corrected chi connectivity index (χ2v) is 7.11. The average Bonchev–Trinajstić information content (AvgIpc) is 3.03. The first-order chi connectivity index (χ1) is 9.54. The third-order valence-electron chi connectivity index (χ3n) is 3.81. The van der Waals surface area contributed by atoms with Crippen molar-refractivity contribution in [2.45, 2.75) is 51.0 Å². The fourth-order valence-corrected chi connectivity index (χ4v) is 4.18. The molecule has 1 aliphatic rings. The van der Waals surface area contributed by atoms with Gasteiger partial charge >= 0.3 is 0 Å². The van der Waals surface area contributed by atoms with Crippen molar-refractivity contribution in [2.24, 2.45) is 5.92 Å². The van der Waals surface area contributed by atoms with E-state index in [1.807, 2.05) is 6.92 Å². The van der Waals surface area contributed by atoms with Crippen LogP contribution in [-0.2, 0) is 16.6 Å². The summed E-state index contributed by atoms with van der Waals surface area (Å²) < 4.78 is 27.7. The van der Waals surface area contributed by atoms with Crippen molar-refractivity contribution in [3.63, 3.8) is 0 Å². The Hall–Kier alpha value is -0.920. The number of aromatic nitrogens is 2. The van der Waals surface area contributed by atoms with Crippen LogP contribution in [0.25, 0.3) is 0 Å². The van der Waals surface area contributed by atoms with Gasteiger partial charge in [0.1, 0.15) is 4.90 Å². The molecular formula is C13H24N4O2S. The number of rotatable bonds is 7. The molecule has 0 unspecified atom stereocenters. The van der Waals surface area contributed by atoms with Crippen LogP contribution in [0.2, 0.25) is 0 Å². The van der Waals surface area contributed by atoms with E-state index in [4.69, 9.17) is 0 Å². The van der Waals surface area contributed by atoms with Gasteiger partial charge < -0.3 is 5.32 Å². The molecule has 1 aromatic rings. The van der Waals surface area contributed by atoms with Crippen LogP contribution in [-0.4, -0.2) is 31.7 Å². The van der Waals surface area contributed by atoms with Gasteiger partial charge in [-0.15, -0.1) is 0 Å². The highest BCUT2D eigenvalue weighted by molar-refractivity contribution is 7.89. The van der Waals surface area contributed by atoms with Gasteiger partial charge in [-0.25, -0.2) is 13.1 Å². The van der Waals surface area contributed by atoms with Gasteiger partial charge in [-0.2, -0.15) is 5.10 Å². The van der Waals surface area contributed by atoms with Crippen LogP contribution in [0.3, 0.4) is 0 Å². The van der Waals surface area contributed by atoms with Crippen molar-refractivity contribution >= 4 is 10.0 Å². The first kappa shape index (κ1) is 15.5. The Bertz CT molecular complexity index is 533. The third kappa shape index (κ3) is 3.59. The van der Waals surface area contributed by atoms with Crippen molar-refractivity contribution in [3.8, 4) is 0 Å². The van der Waals surface area contributed by atoms with Crippen LogP contribution in [0.15, 0.2) is 4.90 Å². The van der Waals surface area contributed by atoms with Gasteiger partial charge in [0.2, 0.25) is 10.0 Å². The van der Waals surface area contributed by atoms with Gasteiger partial charge in [0.25, 0.3) is 0 Å². The number of nitrogens with one attached hydrogen (secondary N) is 3. The summed E-state index contributed by atoms with van der Waals surface area (Å²) in [7, 11) is -3.48. The second-order valence-electron chi connectivity index (χ2n) is 5.41. The zero-order valence-corrected chi connectivity index (χ0v) is 13.0. The summed E-state index contributed by atoms with van der Waals surface area (Å²) in [6, 6.07) is 0. The Morgan fingerprint density at radius 3 is 2.70 bits per heavy atom. The Balaban J connectivity index is 2.09. The molecule has 1 aliphatic carbocycles. The van der Waals surface area contributed by atoms with E-state index in [1.165, 1.54) is 12.8 Å².